The van der Waals surface area contributed by atoms with Crippen molar-refractivity contribution in [2.24, 2.45) is 4.99 Å². The van der Waals surface area contributed by atoms with Gasteiger partial charge in [-0.25, -0.2) is 0 Å². The van der Waals surface area contributed by atoms with Gasteiger partial charge in [-0.1, -0.05) is 12.1 Å². The van der Waals surface area contributed by atoms with Crippen LogP contribution in [-0.2, 0) is 13.0 Å². The van der Waals surface area contributed by atoms with Crippen LogP contribution in [0.2, 0.25) is 0 Å². The van der Waals surface area contributed by atoms with Crippen molar-refractivity contribution < 1.29 is 9.21 Å². The van der Waals surface area contributed by atoms with Crippen LogP contribution >= 0.6 is 24.0 Å². The minimum absolute atomic E-state index is 0. The molecule has 0 saturated carbocycles. The summed E-state index contributed by atoms with van der Waals surface area (Å²) in [6.45, 7) is 2.74. The van der Waals surface area contributed by atoms with Gasteiger partial charge in [-0.3, -0.25) is 9.79 Å². The second kappa shape index (κ2) is 13.2. The van der Waals surface area contributed by atoms with Gasteiger partial charge in [0, 0.05) is 45.2 Å². The molecular formula is C20H30IN5O2. The summed E-state index contributed by atoms with van der Waals surface area (Å²) in [4.78, 5) is 18.5. The molecule has 1 aromatic heterocycles. The smallest absolute Gasteiger partial charge is 0.251 e. The normalized spacial score (nSPS) is 11.1. The number of carbonyl (C=O) groups excluding carboxylic acids is 1. The Balaban J connectivity index is 0.00000392. The molecule has 2 aromatic rings. The molecule has 0 aliphatic carbocycles. The van der Waals surface area contributed by atoms with E-state index in [0.29, 0.717) is 24.6 Å². The number of halogens is 1. The second-order valence-corrected chi connectivity index (χ2v) is 6.44. The zero-order valence-corrected chi connectivity index (χ0v) is 19.0. The van der Waals surface area contributed by atoms with Gasteiger partial charge in [0.25, 0.3) is 5.91 Å². The number of nitrogens with zero attached hydrogens (tertiary/aromatic N) is 2. The van der Waals surface area contributed by atoms with Crippen molar-refractivity contribution in [3.05, 3.63) is 59.5 Å². The molecule has 154 valence electrons. The fourth-order valence-electron chi connectivity index (χ4n) is 2.48. The third-order valence-corrected chi connectivity index (χ3v) is 3.96. The maximum absolute atomic E-state index is 12.2. The van der Waals surface area contributed by atoms with Crippen molar-refractivity contribution in [2.45, 2.75) is 13.0 Å². The molecule has 0 aliphatic rings. The minimum Gasteiger partial charge on any atom is -0.469 e. The first-order valence-electron chi connectivity index (χ1n) is 9.07. The second-order valence-electron chi connectivity index (χ2n) is 6.44. The van der Waals surface area contributed by atoms with E-state index < -0.39 is 0 Å². The summed E-state index contributed by atoms with van der Waals surface area (Å²) in [6, 6.07) is 11.4. The molecule has 1 heterocycles. The van der Waals surface area contributed by atoms with E-state index in [1.807, 2.05) is 55.4 Å². The first-order valence-corrected chi connectivity index (χ1v) is 9.07. The monoisotopic (exact) mass is 499 g/mol. The predicted molar refractivity (Wildman–Crippen MR) is 123 cm³/mol. The van der Waals surface area contributed by atoms with Gasteiger partial charge in [0.05, 0.1) is 6.26 Å². The fourth-order valence-corrected chi connectivity index (χ4v) is 2.48. The average molecular weight is 499 g/mol. The zero-order valence-electron chi connectivity index (χ0n) is 16.7. The summed E-state index contributed by atoms with van der Waals surface area (Å²) in [6.07, 6.45) is 2.46. The van der Waals surface area contributed by atoms with E-state index in [1.54, 1.807) is 13.3 Å². The number of carbonyl (C=O) groups is 1. The van der Waals surface area contributed by atoms with Crippen molar-refractivity contribution in [1.29, 1.82) is 0 Å². The van der Waals surface area contributed by atoms with Crippen molar-refractivity contribution in [3.63, 3.8) is 0 Å². The third kappa shape index (κ3) is 8.75. The van der Waals surface area contributed by atoms with Crippen LogP contribution in [0.3, 0.4) is 0 Å². The number of likely N-dealkylation sites (N-methyl/N-ethyl adjacent to an activating group) is 1. The summed E-state index contributed by atoms with van der Waals surface area (Å²) in [7, 11) is 5.69. The molecule has 1 aromatic carbocycles. The van der Waals surface area contributed by atoms with E-state index in [4.69, 9.17) is 4.42 Å². The van der Waals surface area contributed by atoms with E-state index in [1.165, 1.54) is 0 Å². The molecular weight excluding hydrogens is 469 g/mol. The number of benzene rings is 1. The number of aliphatic imine (C=N–C) groups is 1. The van der Waals surface area contributed by atoms with Crippen molar-refractivity contribution in [1.82, 2.24) is 20.9 Å². The molecule has 1 amide bonds. The molecule has 0 radical (unpaired) electrons. The summed E-state index contributed by atoms with van der Waals surface area (Å²) < 4.78 is 5.31. The standard InChI is InChI=1S/C20H29N5O2.HI/c1-21-20(23-10-9-18-8-5-13-27-18)24-15-16-6-4-7-17(14-16)19(26)22-11-12-25(2)3;/h4-8,13-14H,9-12,15H2,1-3H3,(H,22,26)(H2,21,23,24);1H. The molecule has 0 spiro atoms. The van der Waals surface area contributed by atoms with Gasteiger partial charge in [0.2, 0.25) is 0 Å². The van der Waals surface area contributed by atoms with E-state index in [0.717, 1.165) is 30.8 Å². The van der Waals surface area contributed by atoms with E-state index >= 15 is 0 Å². The highest BCUT2D eigenvalue weighted by molar-refractivity contribution is 14.0. The number of furan rings is 1. The highest BCUT2D eigenvalue weighted by Gasteiger charge is 2.06. The van der Waals surface area contributed by atoms with Crippen LogP contribution in [0.4, 0.5) is 0 Å². The Morgan fingerprint density at radius 2 is 1.93 bits per heavy atom. The lowest BCUT2D eigenvalue weighted by Gasteiger charge is -2.13. The maximum Gasteiger partial charge on any atom is 0.251 e. The van der Waals surface area contributed by atoms with Crippen molar-refractivity contribution >= 4 is 35.8 Å². The molecule has 0 atom stereocenters. The van der Waals surface area contributed by atoms with Crippen LogP contribution < -0.4 is 16.0 Å². The lowest BCUT2D eigenvalue weighted by molar-refractivity contribution is 0.0951. The van der Waals surface area contributed by atoms with Gasteiger partial charge in [-0.2, -0.15) is 0 Å². The van der Waals surface area contributed by atoms with Crippen LogP contribution in [0.25, 0.3) is 0 Å². The Labute approximate surface area is 184 Å². The average Bonchev–Trinajstić information content (AvgIpc) is 3.18. The molecule has 0 fully saturated rings. The topological polar surface area (TPSA) is 81.9 Å². The van der Waals surface area contributed by atoms with E-state index in [9.17, 15) is 4.79 Å². The van der Waals surface area contributed by atoms with Crippen LogP contribution in [0, 0.1) is 0 Å². The summed E-state index contributed by atoms with van der Waals surface area (Å²) in [5.74, 6) is 1.59. The Kier molecular flexibility index (Phi) is 11.3. The summed E-state index contributed by atoms with van der Waals surface area (Å²) >= 11 is 0. The number of hydrogen-bond donors (Lipinski definition) is 3. The molecule has 0 bridgehead atoms. The zero-order chi connectivity index (χ0) is 19.5. The Morgan fingerprint density at radius 3 is 2.61 bits per heavy atom. The number of rotatable bonds is 9. The molecule has 0 aliphatic heterocycles. The number of nitrogens with one attached hydrogen (secondary N) is 3. The lowest BCUT2D eigenvalue weighted by atomic mass is 10.1. The van der Waals surface area contributed by atoms with E-state index in [2.05, 4.69) is 20.9 Å². The molecule has 7 nitrogen and oxygen atoms in total. The highest BCUT2D eigenvalue weighted by atomic mass is 127. The largest absolute Gasteiger partial charge is 0.469 e. The fraction of sp³-hybridized carbons (Fsp3) is 0.400. The molecule has 8 heteroatoms. The molecule has 3 N–H and O–H groups in total. The van der Waals surface area contributed by atoms with Gasteiger partial charge >= 0.3 is 0 Å². The van der Waals surface area contributed by atoms with E-state index in [-0.39, 0.29) is 29.9 Å². The molecule has 2 rings (SSSR count). The first-order chi connectivity index (χ1) is 13.1. The third-order valence-electron chi connectivity index (χ3n) is 3.96. The first kappa shape index (κ1) is 24.0. The lowest BCUT2D eigenvalue weighted by Crippen LogP contribution is -2.37. The predicted octanol–water partition coefficient (Wildman–Crippen LogP) is 2.10. The van der Waals surface area contributed by atoms with Crippen LogP contribution in [-0.4, -0.2) is 57.5 Å². The number of guanidine groups is 1. The van der Waals surface area contributed by atoms with Gasteiger partial charge in [0.15, 0.2) is 5.96 Å². The SMILES string of the molecule is CN=C(NCCc1ccco1)NCc1cccc(C(=O)NCCN(C)C)c1.I. The van der Waals surface area contributed by atoms with Crippen LogP contribution in [0.1, 0.15) is 21.7 Å². The van der Waals surface area contributed by atoms with Crippen molar-refractivity contribution in [2.75, 3.05) is 40.8 Å². The molecule has 28 heavy (non-hydrogen) atoms. The Morgan fingerprint density at radius 1 is 1.11 bits per heavy atom. The van der Waals surface area contributed by atoms with Crippen LogP contribution in [0.15, 0.2) is 52.1 Å². The number of amides is 1. The Bertz CT molecular complexity index is 732. The summed E-state index contributed by atoms with van der Waals surface area (Å²) in [5, 5.41) is 9.44. The number of hydrogen-bond acceptors (Lipinski definition) is 4. The van der Waals surface area contributed by atoms with Crippen molar-refractivity contribution in [3.8, 4) is 0 Å². The Hall–Kier alpha value is -2.07. The van der Waals surface area contributed by atoms with Gasteiger partial charge in [0.1, 0.15) is 5.76 Å². The van der Waals surface area contributed by atoms with Crippen LogP contribution in [0.5, 0.6) is 0 Å². The van der Waals surface area contributed by atoms with Gasteiger partial charge in [-0.05, 0) is 43.9 Å². The highest BCUT2D eigenvalue weighted by Crippen LogP contribution is 2.05. The van der Waals surface area contributed by atoms with Gasteiger partial charge < -0.3 is 25.3 Å². The van der Waals surface area contributed by atoms with Gasteiger partial charge in [-0.15, -0.1) is 24.0 Å². The quantitative estimate of drug-likeness (QED) is 0.280. The minimum atomic E-state index is -0.0559. The molecule has 0 unspecified atom stereocenters. The summed E-state index contributed by atoms with van der Waals surface area (Å²) in [5.41, 5.74) is 1.68. The molecule has 0 saturated heterocycles. The maximum atomic E-state index is 12.2.